The van der Waals surface area contributed by atoms with E-state index in [4.69, 9.17) is 19.8 Å². The third-order valence-electron chi connectivity index (χ3n) is 10.0. The fourth-order valence-corrected chi connectivity index (χ4v) is 7.68. The van der Waals surface area contributed by atoms with E-state index in [1.807, 2.05) is 48.2 Å². The summed E-state index contributed by atoms with van der Waals surface area (Å²) in [6.07, 6.45) is -2.87. The number of carbonyl (C=O) groups excluding carboxylic acids is 1. The maximum atomic E-state index is 13.0. The number of nitrogens with two attached hydrogens (primary N) is 1. The van der Waals surface area contributed by atoms with Crippen LogP contribution in [0, 0.1) is 0 Å². The molecule has 0 spiro atoms. The third-order valence-corrected chi connectivity index (χ3v) is 10.9. The van der Waals surface area contributed by atoms with Crippen molar-refractivity contribution in [3.8, 4) is 0 Å². The molecule has 3 aromatic heterocycles. The normalized spacial score (nSPS) is 21.0. The smallest absolute Gasteiger partial charge is 0.319 e. The molecule has 5 heterocycles. The van der Waals surface area contributed by atoms with Gasteiger partial charge >= 0.3 is 6.03 Å². The van der Waals surface area contributed by atoms with Gasteiger partial charge in [0, 0.05) is 37.3 Å². The Kier molecular flexibility index (Phi) is 10.5. The van der Waals surface area contributed by atoms with Crippen LogP contribution in [-0.2, 0) is 21.3 Å². The predicted octanol–water partition coefficient (Wildman–Crippen LogP) is 2.12. The van der Waals surface area contributed by atoms with Crippen LogP contribution >= 0.6 is 0 Å². The zero-order valence-electron chi connectivity index (χ0n) is 30.7. The Labute approximate surface area is 327 Å². The molecule has 296 valence electrons. The summed E-state index contributed by atoms with van der Waals surface area (Å²) in [7, 11) is -3.95. The highest BCUT2D eigenvalue weighted by Crippen LogP contribution is 2.39. The van der Waals surface area contributed by atoms with E-state index in [2.05, 4.69) is 60.6 Å². The Morgan fingerprint density at radius 1 is 1.00 bits per heavy atom. The van der Waals surface area contributed by atoms with Crippen molar-refractivity contribution >= 4 is 44.7 Å². The fourth-order valence-electron chi connectivity index (χ4n) is 7.12. The number of benzene rings is 3. The molecule has 2 aliphatic heterocycles. The predicted molar refractivity (Wildman–Crippen MR) is 207 cm³/mol. The van der Waals surface area contributed by atoms with Crippen LogP contribution in [0.15, 0.2) is 96.2 Å². The summed E-state index contributed by atoms with van der Waals surface area (Å²) >= 11 is 0. The number of aliphatic hydroxyl groups excluding tert-OH is 2. The highest BCUT2D eigenvalue weighted by atomic mass is 32.2. The number of aliphatic hydroxyl groups is 2. The highest BCUT2D eigenvalue weighted by Gasteiger charge is 2.47. The van der Waals surface area contributed by atoms with Crippen molar-refractivity contribution in [2.24, 2.45) is 5.14 Å². The summed E-state index contributed by atoms with van der Waals surface area (Å²) in [5, 5.41) is 49.0. The van der Waals surface area contributed by atoms with E-state index >= 15 is 0 Å². The quantitative estimate of drug-likeness (QED) is 0.104. The Bertz CT molecular complexity index is 2430. The Hall–Kier alpha value is -6.06. The highest BCUT2D eigenvalue weighted by molar-refractivity contribution is 7.89. The van der Waals surface area contributed by atoms with Crippen LogP contribution in [0.2, 0.25) is 0 Å². The summed E-state index contributed by atoms with van der Waals surface area (Å²) in [5.74, 6) is 0.863. The molecule has 19 nitrogen and oxygen atoms in total. The van der Waals surface area contributed by atoms with Gasteiger partial charge in [0.1, 0.15) is 12.2 Å². The summed E-state index contributed by atoms with van der Waals surface area (Å²) in [4.78, 5) is 30.7. The van der Waals surface area contributed by atoms with Gasteiger partial charge in [0.25, 0.3) is 0 Å². The Morgan fingerprint density at radius 2 is 1.74 bits per heavy atom. The van der Waals surface area contributed by atoms with E-state index in [0.29, 0.717) is 55.5 Å². The summed E-state index contributed by atoms with van der Waals surface area (Å²) in [5.41, 5.74) is 3.23. The van der Waals surface area contributed by atoms with Crippen LogP contribution in [0.5, 0.6) is 0 Å². The van der Waals surface area contributed by atoms with E-state index in [1.165, 1.54) is 29.3 Å². The number of tetrazole rings is 1. The molecule has 0 saturated carbocycles. The molecule has 3 aromatic carbocycles. The first-order chi connectivity index (χ1) is 27.6. The van der Waals surface area contributed by atoms with Gasteiger partial charge in [0.05, 0.1) is 17.8 Å². The number of rotatable bonds is 12. The van der Waals surface area contributed by atoms with Crippen LogP contribution in [-0.4, -0.2) is 102 Å². The van der Waals surface area contributed by atoms with Crippen LogP contribution in [0.4, 0.5) is 22.2 Å². The Morgan fingerprint density at radius 3 is 2.42 bits per heavy atom. The number of nitrogens with one attached hydrogen (secondary N) is 3. The number of hydrogen-bond acceptors (Lipinski definition) is 14. The number of aryl methyl sites for hydroxylation is 1. The van der Waals surface area contributed by atoms with Gasteiger partial charge in [-0.25, -0.2) is 23.3 Å². The monoisotopic (exact) mass is 795 g/mol. The first-order valence-electron chi connectivity index (χ1n) is 18.4. The minimum Gasteiger partial charge on any atom is -0.387 e. The number of amides is 2. The number of anilines is 3. The molecule has 7 N–H and O–H groups in total. The van der Waals surface area contributed by atoms with E-state index in [1.54, 1.807) is 10.6 Å². The van der Waals surface area contributed by atoms with E-state index < -0.39 is 40.6 Å². The molecular weight excluding hydrogens is 755 g/mol. The number of imidazole rings is 1. The maximum Gasteiger partial charge on any atom is 0.319 e. The lowest BCUT2D eigenvalue weighted by Crippen LogP contribution is -2.40. The number of urea groups is 1. The molecule has 8 rings (SSSR count). The van der Waals surface area contributed by atoms with Gasteiger partial charge in [0.2, 0.25) is 21.8 Å². The first kappa shape index (κ1) is 37.8. The summed E-state index contributed by atoms with van der Waals surface area (Å²) < 4.78 is 31.4. The Balaban J connectivity index is 1.08. The molecule has 0 radical (unpaired) electrons. The number of fused-ring (bicyclic) bond motifs is 1. The lowest BCUT2D eigenvalue weighted by Gasteiger charge is -2.22. The van der Waals surface area contributed by atoms with Gasteiger partial charge in [-0.15, -0.1) is 10.2 Å². The zero-order chi connectivity index (χ0) is 39.7. The van der Waals surface area contributed by atoms with E-state index in [9.17, 15) is 23.4 Å². The van der Waals surface area contributed by atoms with Crippen molar-refractivity contribution in [2.45, 2.75) is 61.3 Å². The standard InChI is InChI=1S/C37H41N13O6S/c1-2-50-46-33(45-47-50)31-29(51)30(52)35(56-31)49-21-40-28-32(39-19-27(22-10-5-3-6-11-22)23-12-7-4-8-13-23)43-36(44-34(28)49)48-17-16-25(20-48)42-37(53)41-24-14-9-15-26(18-24)57(38,54)55/h3-15,18,21,25,27,29-31,35,51-52H,2,16-17,19-20H2,1H3,(H2,38,54,55)(H,39,43,44)(H2,41,42,53)/t25-,29-,30+,31-,35+/m0/s1. The van der Waals surface area contributed by atoms with E-state index in [0.717, 1.165) is 11.1 Å². The van der Waals surface area contributed by atoms with Crippen LogP contribution in [0.25, 0.3) is 11.2 Å². The number of nitrogens with zero attached hydrogens (tertiary/aromatic N) is 9. The second-order valence-electron chi connectivity index (χ2n) is 13.8. The minimum absolute atomic E-state index is 0.0487. The molecule has 5 atom stereocenters. The van der Waals surface area contributed by atoms with Crippen LogP contribution < -0.4 is 26.0 Å². The number of ether oxygens (including phenoxy) is 1. The number of carbonyl (C=O) groups is 1. The number of sulfonamides is 1. The molecule has 2 saturated heterocycles. The SMILES string of the molecule is CCn1nnc([C@H]2O[C@@H](n3cnc4c(NCC(c5ccccc5)c5ccccc5)nc(N5CC[C@H](NC(=O)Nc6cccc(S(N)(=O)=O)c6)C5)nc43)[C@H](O)[C@@H]2O)n1. The second kappa shape index (κ2) is 15.8. The van der Waals surface area contributed by atoms with Gasteiger partial charge < -0.3 is 35.8 Å². The third kappa shape index (κ3) is 7.98. The molecule has 0 aliphatic carbocycles. The van der Waals surface area contributed by atoms with Crippen molar-refractivity contribution < 1.29 is 28.2 Å². The summed E-state index contributed by atoms with van der Waals surface area (Å²) in [6.45, 7) is 3.60. The van der Waals surface area contributed by atoms with Crippen molar-refractivity contribution in [2.75, 3.05) is 35.2 Å². The molecule has 20 heteroatoms. The molecule has 0 unspecified atom stereocenters. The van der Waals surface area contributed by atoms with Gasteiger partial charge in [-0.1, -0.05) is 66.7 Å². The molecule has 2 aliphatic rings. The van der Waals surface area contributed by atoms with Crippen LogP contribution in [0.1, 0.15) is 48.5 Å². The van der Waals surface area contributed by atoms with Crippen molar-refractivity contribution in [3.05, 3.63) is 108 Å². The lowest BCUT2D eigenvalue weighted by molar-refractivity contribution is -0.0384. The van der Waals surface area contributed by atoms with Crippen LogP contribution in [0.3, 0.4) is 0 Å². The number of primary sulfonamides is 1. The lowest BCUT2D eigenvalue weighted by atomic mass is 9.91. The van der Waals surface area contributed by atoms with Gasteiger partial charge in [0.15, 0.2) is 29.3 Å². The van der Waals surface area contributed by atoms with E-state index in [-0.39, 0.29) is 28.4 Å². The number of hydrogen-bond donors (Lipinski definition) is 6. The molecule has 0 bridgehead atoms. The fraction of sp³-hybridized carbons (Fsp3) is 0.324. The topological polar surface area (TPSA) is 253 Å². The molecule has 2 fully saturated rings. The van der Waals surface area contributed by atoms with Crippen molar-refractivity contribution in [1.82, 2.24) is 45.0 Å². The number of aromatic nitrogens is 8. The van der Waals surface area contributed by atoms with Gasteiger partial charge in [-0.3, -0.25) is 4.57 Å². The first-order valence-corrected chi connectivity index (χ1v) is 19.9. The average molecular weight is 796 g/mol. The summed E-state index contributed by atoms with van der Waals surface area (Å²) in [6, 6.07) is 25.1. The zero-order valence-corrected chi connectivity index (χ0v) is 31.5. The molecule has 57 heavy (non-hydrogen) atoms. The van der Waals surface area contributed by atoms with Crippen molar-refractivity contribution in [3.63, 3.8) is 0 Å². The maximum absolute atomic E-state index is 13.0. The minimum atomic E-state index is -3.95. The molecular formula is C37H41N13O6S. The second-order valence-corrected chi connectivity index (χ2v) is 15.4. The van der Waals surface area contributed by atoms with Crippen molar-refractivity contribution in [1.29, 1.82) is 0 Å². The molecule has 6 aromatic rings. The average Bonchev–Trinajstić information content (AvgIpc) is 4.03. The van der Waals surface area contributed by atoms with Gasteiger partial charge in [-0.2, -0.15) is 14.8 Å². The molecule has 2 amide bonds. The largest absolute Gasteiger partial charge is 0.387 e. The van der Waals surface area contributed by atoms with Gasteiger partial charge in [-0.05, 0) is 47.9 Å².